The molecule has 9 aromatic carbocycles. The molecule has 0 fully saturated rings. The molecule has 0 saturated heterocycles. The van der Waals surface area contributed by atoms with Crippen LogP contribution in [-0.2, 0) is 80.4 Å². The molecule has 530 valence electrons. The van der Waals surface area contributed by atoms with Crippen LogP contribution in [0.3, 0.4) is 0 Å². The normalized spacial score (nSPS) is 12.0. The largest absolute Gasteiger partial charge is 0.494 e. The van der Waals surface area contributed by atoms with Crippen molar-refractivity contribution in [1.82, 2.24) is 0 Å². The van der Waals surface area contributed by atoms with Gasteiger partial charge in [-0.1, -0.05) is 279 Å². The van der Waals surface area contributed by atoms with E-state index < -0.39 is 11.9 Å². The smallest absolute Gasteiger partial charge is 0.421 e. The molecule has 0 unspecified atom stereocenters. The second-order valence-corrected chi connectivity index (χ2v) is 25.1. The highest BCUT2D eigenvalue weighted by Gasteiger charge is 2.42. The Hall–Kier alpha value is -10.1. The molecule has 18 heteroatoms. The number of rotatable bonds is 38. The first-order chi connectivity index (χ1) is 50.6. The molecule has 0 amide bonds. The van der Waals surface area contributed by atoms with Gasteiger partial charge in [0.25, 0.3) is 0 Å². The molecule has 1 aliphatic carbocycles. The monoisotopic (exact) mass is 1390 g/mol. The van der Waals surface area contributed by atoms with Gasteiger partial charge in [-0.05, 0) is 217 Å². The Bertz CT molecular complexity index is 4530. The summed E-state index contributed by atoms with van der Waals surface area (Å²) in [6.45, 7) is 11.7. The van der Waals surface area contributed by atoms with Crippen molar-refractivity contribution in [2.75, 3.05) is 6.61 Å². The van der Waals surface area contributed by atoms with Crippen molar-refractivity contribution in [1.29, 1.82) is 0 Å². The van der Waals surface area contributed by atoms with Gasteiger partial charge >= 0.3 is 11.9 Å². The maximum atomic E-state index is 12.9. The molecule has 0 heterocycles. The lowest BCUT2D eigenvalue weighted by Gasteiger charge is -2.33. The van der Waals surface area contributed by atoms with E-state index in [1.807, 2.05) is 18.1 Å². The Labute approximate surface area is 599 Å². The number of benzene rings is 9. The first-order valence-corrected chi connectivity index (χ1v) is 34.8. The molecule has 103 heavy (non-hydrogen) atoms. The predicted octanol–water partition coefficient (Wildman–Crippen LogP) is 21.0. The minimum Gasteiger partial charge on any atom is -0.494 e. The van der Waals surface area contributed by atoms with E-state index in [0.717, 1.165) is 97.5 Å². The number of aryl methyl sites for hydroxylation is 2. The van der Waals surface area contributed by atoms with E-state index >= 15 is 0 Å². The van der Waals surface area contributed by atoms with Crippen LogP contribution in [0.25, 0.3) is 90.4 Å². The van der Waals surface area contributed by atoms with E-state index in [1.54, 1.807) is 12.1 Å². The van der Waals surface area contributed by atoms with E-state index in [9.17, 15) is 9.59 Å². The number of hydrogen-bond acceptors (Lipinski definition) is 18. The summed E-state index contributed by atoms with van der Waals surface area (Å²) in [6.07, 6.45) is 28.3. The molecule has 0 saturated carbocycles. The number of carbonyl (C=O) groups excluding carboxylic acids is 2. The fourth-order valence-corrected chi connectivity index (χ4v) is 13.1. The number of unbranched alkanes of at least 4 members (excludes halogenated alkanes) is 11. The van der Waals surface area contributed by atoms with E-state index in [0.29, 0.717) is 6.61 Å². The average Bonchev–Trinajstić information content (AvgIpc) is 1.23. The van der Waals surface area contributed by atoms with Gasteiger partial charge in [-0.3, -0.25) is 4.89 Å². The van der Waals surface area contributed by atoms with Crippen LogP contribution in [0.2, 0.25) is 0 Å². The lowest BCUT2D eigenvalue weighted by atomic mass is 9.70. The lowest BCUT2D eigenvalue weighted by molar-refractivity contribution is -0.874. The van der Waals surface area contributed by atoms with Gasteiger partial charge in [0.1, 0.15) is 11.5 Å². The summed E-state index contributed by atoms with van der Waals surface area (Å²) in [6, 6.07) is 61.2. The standard InChI is InChI=1S/C85H82O18/c1-6-9-12-15-18-23-56-89-71-46-41-68(42-47-71)84-75-50-28-62(5)57-77(75)83(69-43-48-72(49-44-69)90-81(86)24-19-16-17-20-25-82(87)91-93-95-97-99-101-103-102-100-98-96-94-92-88)76-53-45-70(60-78(76)84)67-39-35-64(36-40-67)32-34-66-38-52-74-73-51-37-65(33-31-63-29-26-61(4)27-30-63)58-79(73)85(80(74)59-66,54-21-13-10-7-2)55-22-14-11-8-3/h26-53,57-60,88H,6-15,18,21-23,54-56H2,1-5H3/b33-31+,34-32+. The van der Waals surface area contributed by atoms with Crippen molar-refractivity contribution < 1.29 is 89.7 Å². The van der Waals surface area contributed by atoms with Gasteiger partial charge in [0.2, 0.25) is 0 Å². The van der Waals surface area contributed by atoms with Gasteiger partial charge in [-0.2, -0.15) is 0 Å². The topological polar surface area (TPSA) is 193 Å². The van der Waals surface area contributed by atoms with Gasteiger partial charge in [0.05, 0.1) is 6.61 Å². The highest BCUT2D eigenvalue weighted by molar-refractivity contribution is 6.22. The summed E-state index contributed by atoms with van der Waals surface area (Å²) in [5, 5.41) is 55.1. The van der Waals surface area contributed by atoms with Crippen LogP contribution < -0.4 is 9.47 Å². The second-order valence-electron chi connectivity index (χ2n) is 25.1. The highest BCUT2D eigenvalue weighted by Crippen LogP contribution is 2.55. The van der Waals surface area contributed by atoms with E-state index in [4.69, 9.17) is 14.7 Å². The molecular formula is C85H82O18. The van der Waals surface area contributed by atoms with Crippen molar-refractivity contribution in [3.05, 3.63) is 214 Å². The first kappa shape index (κ1) is 75.5. The van der Waals surface area contributed by atoms with Crippen LogP contribution in [-0.4, -0.2) is 23.8 Å². The van der Waals surface area contributed by atoms with Crippen molar-refractivity contribution in [3.8, 4) is 91.5 Å². The zero-order valence-electron chi connectivity index (χ0n) is 58.4. The Morgan fingerprint density at radius 3 is 1.36 bits per heavy atom. The zero-order chi connectivity index (χ0) is 71.9. The van der Waals surface area contributed by atoms with Crippen molar-refractivity contribution >= 4 is 57.8 Å². The van der Waals surface area contributed by atoms with Crippen LogP contribution >= 0.6 is 0 Å². The van der Waals surface area contributed by atoms with Crippen molar-refractivity contribution in [2.24, 2.45) is 0 Å². The Balaban J connectivity index is 0.888. The third-order valence-corrected chi connectivity index (χ3v) is 18.1. The second kappa shape index (κ2) is 39.9. The van der Waals surface area contributed by atoms with Crippen molar-refractivity contribution in [2.45, 2.75) is 143 Å². The van der Waals surface area contributed by atoms with Gasteiger partial charge in [-0.15, -0.1) is 0 Å². The molecule has 9 aromatic rings. The van der Waals surface area contributed by atoms with Gasteiger partial charge in [0, 0.05) is 47.5 Å². The summed E-state index contributed by atoms with van der Waals surface area (Å²) >= 11 is 0. The molecule has 1 aliphatic rings. The molecule has 0 aliphatic heterocycles. The fraction of sp³-hybridized carbons (Fsp3) is 0.271. The Morgan fingerprint density at radius 1 is 0.379 bits per heavy atom. The quantitative estimate of drug-likeness (QED) is 0.00441. The predicted molar refractivity (Wildman–Crippen MR) is 391 cm³/mol. The fourth-order valence-electron chi connectivity index (χ4n) is 13.1. The lowest BCUT2D eigenvalue weighted by Crippen LogP contribution is -2.25. The van der Waals surface area contributed by atoms with E-state index in [1.165, 1.54) is 122 Å². The summed E-state index contributed by atoms with van der Waals surface area (Å²) in [7, 11) is 0. The number of ether oxygens (including phenoxy) is 2. The Kier molecular flexibility index (Phi) is 29.3. The average molecular weight is 1390 g/mol. The number of fused-ring (bicyclic) bond motifs is 5. The molecule has 18 nitrogen and oxygen atoms in total. The molecule has 0 bridgehead atoms. The molecular weight excluding hydrogens is 1310 g/mol. The third-order valence-electron chi connectivity index (χ3n) is 18.1. The Morgan fingerprint density at radius 2 is 0.806 bits per heavy atom. The van der Waals surface area contributed by atoms with E-state index in [-0.39, 0.29) is 11.2 Å². The molecule has 0 radical (unpaired) electrons. The summed E-state index contributed by atoms with van der Waals surface area (Å²) < 4.78 is 11.9. The molecule has 0 spiro atoms. The van der Waals surface area contributed by atoms with Gasteiger partial charge < -0.3 is 9.47 Å². The minimum absolute atomic E-state index is 0.0620. The highest BCUT2D eigenvalue weighted by atomic mass is 18.0. The first-order valence-electron chi connectivity index (χ1n) is 34.8. The number of hydrogen-bond donors (Lipinski definition) is 1. The van der Waals surface area contributed by atoms with Crippen LogP contribution in [0.4, 0.5) is 0 Å². The van der Waals surface area contributed by atoms with Crippen LogP contribution in [0, 0.1) is 49.4 Å². The number of esters is 1. The molecule has 0 atom stereocenters. The van der Waals surface area contributed by atoms with Gasteiger partial charge in [-0.25, -0.2) is 14.8 Å². The van der Waals surface area contributed by atoms with Crippen LogP contribution in [0.5, 0.6) is 11.5 Å². The van der Waals surface area contributed by atoms with E-state index in [2.05, 4.69) is 299 Å². The molecule has 1 N–H and O–H groups in total. The zero-order valence-corrected chi connectivity index (χ0v) is 58.4. The summed E-state index contributed by atoms with van der Waals surface area (Å²) in [5.74, 6) is 12.2. The molecule has 10 rings (SSSR count). The van der Waals surface area contributed by atoms with Crippen LogP contribution in [0.15, 0.2) is 170 Å². The van der Waals surface area contributed by atoms with Gasteiger partial charge in [0.15, 0.2) is 0 Å². The van der Waals surface area contributed by atoms with Crippen LogP contribution in [0.1, 0.15) is 168 Å². The summed E-state index contributed by atoms with van der Waals surface area (Å²) in [4.78, 5) is 28.7. The minimum atomic E-state index is -1.29. The molecule has 0 aromatic heterocycles. The third kappa shape index (κ3) is 21.5. The maximum Gasteiger partial charge on any atom is 0.421 e. The summed E-state index contributed by atoms with van der Waals surface area (Å²) in [5.41, 5.74) is 19.1. The SMILES string of the molecule is CCCCCCCCOc1ccc(-c2c3ccc(C)cc3c(-c3ccc(OC(=O)C#CC#CC#CC(=O)OOOOOOOOOOOOOO)cc3)c3ccc(-c4ccc(/C=C/c5ccc6c(c5)C(CCCCCC)(CCCCCC)c5cc(/C=C/c7ccc(C)cc7)ccc5-6)cc4)cc23)cc1. The maximum absolute atomic E-state index is 12.9. The number of carbonyl (C=O) groups is 2. The van der Waals surface area contributed by atoms with Crippen molar-refractivity contribution in [3.63, 3.8) is 0 Å².